The normalized spacial score (nSPS) is 19.2. The average molecular weight is 336 g/mol. The van der Waals surface area contributed by atoms with Crippen molar-refractivity contribution in [2.75, 3.05) is 18.0 Å². The molecule has 1 aliphatic rings. The summed E-state index contributed by atoms with van der Waals surface area (Å²) >= 11 is 3.39. The number of pyridine rings is 2. The van der Waals surface area contributed by atoms with Crippen LogP contribution in [0.25, 0.3) is 11.0 Å². The molecule has 20 heavy (non-hydrogen) atoms. The molecule has 1 aliphatic heterocycles. The fourth-order valence-electron chi connectivity index (χ4n) is 2.64. The Morgan fingerprint density at radius 3 is 3.10 bits per heavy atom. The number of hydrogen-bond acceptors (Lipinski definition) is 4. The Labute approximate surface area is 124 Å². The zero-order chi connectivity index (χ0) is 14.1. The molecule has 0 spiro atoms. The minimum absolute atomic E-state index is 0.303. The van der Waals surface area contributed by atoms with Gasteiger partial charge in [-0.15, -0.1) is 0 Å². The average Bonchev–Trinajstić information content (AvgIpc) is 2.46. The second-order valence-corrected chi connectivity index (χ2v) is 5.89. The molecule has 104 valence electrons. The number of fused-ring (bicyclic) bond motifs is 1. The van der Waals surface area contributed by atoms with E-state index >= 15 is 0 Å². The third-order valence-electron chi connectivity index (χ3n) is 3.63. The minimum Gasteiger partial charge on any atom is -0.481 e. The molecule has 1 unspecified atom stereocenters. The maximum absolute atomic E-state index is 11.2. The van der Waals surface area contributed by atoms with Crippen molar-refractivity contribution in [1.29, 1.82) is 0 Å². The molecule has 2 aromatic rings. The van der Waals surface area contributed by atoms with Crippen LogP contribution in [0.15, 0.2) is 29.0 Å². The van der Waals surface area contributed by atoms with Crippen molar-refractivity contribution in [3.8, 4) is 0 Å². The lowest BCUT2D eigenvalue weighted by atomic mass is 9.98. The summed E-state index contributed by atoms with van der Waals surface area (Å²) in [4.78, 5) is 22.0. The predicted octanol–water partition coefficient (Wildman–Crippen LogP) is 2.69. The van der Waals surface area contributed by atoms with Gasteiger partial charge in [0.05, 0.1) is 17.1 Å². The molecule has 0 bridgehead atoms. The van der Waals surface area contributed by atoms with Crippen molar-refractivity contribution in [2.45, 2.75) is 12.8 Å². The molecule has 3 rings (SSSR count). The zero-order valence-corrected chi connectivity index (χ0v) is 12.4. The quantitative estimate of drug-likeness (QED) is 0.913. The fourth-order valence-corrected chi connectivity index (χ4v) is 2.96. The van der Waals surface area contributed by atoms with E-state index in [0.717, 1.165) is 40.6 Å². The number of anilines is 1. The van der Waals surface area contributed by atoms with Gasteiger partial charge in [-0.1, -0.05) is 0 Å². The van der Waals surface area contributed by atoms with Gasteiger partial charge in [0.1, 0.15) is 5.52 Å². The van der Waals surface area contributed by atoms with E-state index in [0.29, 0.717) is 6.54 Å². The summed E-state index contributed by atoms with van der Waals surface area (Å²) in [6.45, 7) is 1.40. The first-order valence-electron chi connectivity index (χ1n) is 6.53. The highest BCUT2D eigenvalue weighted by Gasteiger charge is 2.26. The van der Waals surface area contributed by atoms with E-state index < -0.39 is 5.97 Å². The van der Waals surface area contributed by atoms with Gasteiger partial charge in [-0.3, -0.25) is 14.8 Å². The van der Waals surface area contributed by atoms with Crippen molar-refractivity contribution < 1.29 is 9.90 Å². The zero-order valence-electron chi connectivity index (χ0n) is 10.8. The highest BCUT2D eigenvalue weighted by Crippen LogP contribution is 2.29. The molecule has 0 radical (unpaired) electrons. The van der Waals surface area contributed by atoms with Gasteiger partial charge < -0.3 is 10.0 Å². The number of piperidine rings is 1. The monoisotopic (exact) mass is 335 g/mol. The summed E-state index contributed by atoms with van der Waals surface area (Å²) in [5.41, 5.74) is 2.60. The summed E-state index contributed by atoms with van der Waals surface area (Å²) < 4.78 is 0.886. The van der Waals surface area contributed by atoms with Crippen LogP contribution in [-0.2, 0) is 4.79 Å². The van der Waals surface area contributed by atoms with Crippen LogP contribution in [0.3, 0.4) is 0 Å². The van der Waals surface area contributed by atoms with Crippen LogP contribution in [0.1, 0.15) is 12.8 Å². The van der Waals surface area contributed by atoms with Crippen LogP contribution < -0.4 is 4.90 Å². The molecule has 5 nitrogen and oxygen atoms in total. The Balaban J connectivity index is 1.99. The van der Waals surface area contributed by atoms with Crippen LogP contribution in [0, 0.1) is 5.92 Å². The van der Waals surface area contributed by atoms with Crippen LogP contribution in [0.2, 0.25) is 0 Å². The van der Waals surface area contributed by atoms with Gasteiger partial charge in [0.2, 0.25) is 0 Å². The number of nitrogens with zero attached hydrogens (tertiary/aromatic N) is 3. The number of halogens is 1. The summed E-state index contributed by atoms with van der Waals surface area (Å²) in [5.74, 6) is -1.02. The fraction of sp³-hybridized carbons (Fsp3) is 0.357. The largest absolute Gasteiger partial charge is 0.481 e. The van der Waals surface area contributed by atoms with Crippen LogP contribution >= 0.6 is 15.9 Å². The molecule has 0 aliphatic carbocycles. The highest BCUT2D eigenvalue weighted by atomic mass is 79.9. The van der Waals surface area contributed by atoms with Gasteiger partial charge >= 0.3 is 5.97 Å². The highest BCUT2D eigenvalue weighted by molar-refractivity contribution is 9.10. The molecule has 2 aromatic heterocycles. The van der Waals surface area contributed by atoms with E-state index in [-0.39, 0.29) is 5.92 Å². The SMILES string of the molecule is O=C(O)C1CCCN(c2ccnc3cc(Br)cnc23)C1. The van der Waals surface area contributed by atoms with E-state index in [4.69, 9.17) is 0 Å². The first-order valence-corrected chi connectivity index (χ1v) is 7.32. The van der Waals surface area contributed by atoms with Crippen molar-refractivity contribution in [2.24, 2.45) is 5.92 Å². The molecule has 0 amide bonds. The lowest BCUT2D eigenvalue weighted by Gasteiger charge is -2.32. The van der Waals surface area contributed by atoms with Crippen molar-refractivity contribution in [3.63, 3.8) is 0 Å². The molecular formula is C14H14BrN3O2. The lowest BCUT2D eigenvalue weighted by Crippen LogP contribution is -2.38. The third-order valence-corrected chi connectivity index (χ3v) is 4.07. The molecule has 3 heterocycles. The van der Waals surface area contributed by atoms with Crippen LogP contribution in [0.5, 0.6) is 0 Å². The molecule has 1 atom stereocenters. The third kappa shape index (κ3) is 2.47. The first-order chi connectivity index (χ1) is 9.65. The maximum Gasteiger partial charge on any atom is 0.308 e. The predicted molar refractivity (Wildman–Crippen MR) is 79.8 cm³/mol. The maximum atomic E-state index is 11.2. The smallest absolute Gasteiger partial charge is 0.308 e. The van der Waals surface area contributed by atoms with Crippen molar-refractivity contribution in [3.05, 3.63) is 29.0 Å². The Morgan fingerprint density at radius 2 is 2.30 bits per heavy atom. The Morgan fingerprint density at radius 1 is 1.45 bits per heavy atom. The first kappa shape index (κ1) is 13.3. The van der Waals surface area contributed by atoms with E-state index in [1.165, 1.54) is 0 Å². The molecule has 0 aromatic carbocycles. The molecule has 6 heteroatoms. The van der Waals surface area contributed by atoms with Gasteiger partial charge in [0.25, 0.3) is 0 Å². The second kappa shape index (κ2) is 5.36. The number of carboxylic acid groups (broad SMARTS) is 1. The van der Waals surface area contributed by atoms with Crippen molar-refractivity contribution in [1.82, 2.24) is 9.97 Å². The number of hydrogen-bond donors (Lipinski definition) is 1. The Kier molecular flexibility index (Phi) is 3.56. The standard InChI is InChI=1S/C14H14BrN3O2/c15-10-6-11-13(17-7-10)12(3-4-16-11)18-5-1-2-9(8-18)14(19)20/h3-4,6-7,9H,1-2,5,8H2,(H,19,20). The lowest BCUT2D eigenvalue weighted by molar-refractivity contribution is -0.141. The number of rotatable bonds is 2. The summed E-state index contributed by atoms with van der Waals surface area (Å²) in [6, 6.07) is 3.83. The molecule has 0 saturated carbocycles. The molecule has 1 N–H and O–H groups in total. The van der Waals surface area contributed by atoms with E-state index in [2.05, 4.69) is 30.8 Å². The molecule has 1 saturated heterocycles. The van der Waals surface area contributed by atoms with Gasteiger partial charge in [-0.05, 0) is 40.9 Å². The summed E-state index contributed by atoms with van der Waals surface area (Å²) in [5, 5.41) is 9.19. The topological polar surface area (TPSA) is 66.3 Å². The second-order valence-electron chi connectivity index (χ2n) is 4.97. The molecular weight excluding hydrogens is 322 g/mol. The van der Waals surface area contributed by atoms with E-state index in [1.807, 2.05) is 12.1 Å². The Hall–Kier alpha value is -1.69. The van der Waals surface area contributed by atoms with Crippen LogP contribution in [0.4, 0.5) is 5.69 Å². The number of aromatic nitrogens is 2. The van der Waals surface area contributed by atoms with Crippen LogP contribution in [-0.4, -0.2) is 34.1 Å². The number of carbonyl (C=O) groups is 1. The van der Waals surface area contributed by atoms with Gasteiger partial charge in [0, 0.05) is 30.0 Å². The van der Waals surface area contributed by atoms with Gasteiger partial charge in [-0.2, -0.15) is 0 Å². The van der Waals surface area contributed by atoms with Gasteiger partial charge in [0.15, 0.2) is 0 Å². The van der Waals surface area contributed by atoms with E-state index in [9.17, 15) is 9.90 Å². The number of carboxylic acids is 1. The molecule has 1 fully saturated rings. The summed E-state index contributed by atoms with van der Waals surface area (Å²) in [7, 11) is 0. The Bertz CT molecular complexity index is 662. The number of aliphatic carboxylic acids is 1. The summed E-state index contributed by atoms with van der Waals surface area (Å²) in [6.07, 6.45) is 5.12. The minimum atomic E-state index is -0.719. The van der Waals surface area contributed by atoms with Gasteiger partial charge in [-0.25, -0.2) is 0 Å². The van der Waals surface area contributed by atoms with Crippen molar-refractivity contribution >= 4 is 38.6 Å². The van der Waals surface area contributed by atoms with E-state index in [1.54, 1.807) is 12.4 Å².